The molecule has 0 saturated carbocycles. The summed E-state index contributed by atoms with van der Waals surface area (Å²) in [6.45, 7) is 26.6. The largest absolute Gasteiger partial charge is 2.00 e. The molecule has 0 aliphatic carbocycles. The maximum atomic E-state index is 13.5. The zero-order valence-corrected chi connectivity index (χ0v) is 65.9. The van der Waals surface area contributed by atoms with Gasteiger partial charge in [0.2, 0.25) is 17.7 Å². The molecule has 0 bridgehead atoms. The zero-order valence-electron chi connectivity index (χ0n) is 62.9. The van der Waals surface area contributed by atoms with Gasteiger partial charge in [0.25, 0.3) is 0 Å². The molecule has 4 N–H and O–H groups in total. The van der Waals surface area contributed by atoms with E-state index in [1.807, 2.05) is 60.1 Å². The Labute approximate surface area is 648 Å². The van der Waals surface area contributed by atoms with Crippen molar-refractivity contribution in [2.45, 2.75) is 189 Å². The Bertz CT molecular complexity index is 4230. The monoisotopic (exact) mass is 1590 g/mol. The normalized spacial score (nSPS) is 19.6. The number of para-hydroxylation sites is 1. The molecular weight excluding hydrogens is 1500 g/mol. The predicted molar refractivity (Wildman–Crippen MR) is 380 cm³/mol. The minimum Gasteiger partial charge on any atom is -1.00 e. The molecule has 6 aliphatic heterocycles. The van der Waals surface area contributed by atoms with Crippen LogP contribution in [0.2, 0.25) is 0 Å². The number of hydrogen-bond acceptors (Lipinski definition) is 17. The number of nitrogens with zero attached hydrogens (tertiary/aromatic N) is 12. The molecule has 3 aromatic carbocycles. The molecule has 0 radical (unpaired) electrons. The number of hydrogen-bond donors (Lipinski definition) is 4. The standard InChI is InChI=1S/C21H24F3N5O3.C19H30N4O4.C18H26N4O5.C13H8F3NO2.CH3.BrH.Mg/c1-11-8-29-17(16(7-25-29)28-9-12(4-18(28)30)21(2,3)32)10-27(11)20(31)26-13-5-14(22)19(24)15(23)6-13;1-12-9-23-15(11-21(12)17(25)27-18(2,3)4)14(8-20-23)22-10-13(7-16(22)24)19(5,6)26;1-11-8-22-14(10-20(11)17(25)27-18(2,3)4)13(7-19-22)21-9-12(6-15(21)23)16(24)26-5;14-10-6-8(7-11(15)12(10)16)17-13(18)19-9-4-2-1-3-5-9;;;/h5-7,11-12,32H,4,8-10H2,1-3H3,(H,26,31);8,12-13,26H,7,9-11H2,1-6H3;7,11-12H,6,8-10H2,1-5H3;1-7H,(H,17,18);1H3;1H;/q;;;;-1;;+2/p-1/t11-,12?;12-,13?;11-,12?;;;;/m000..../s1. The van der Waals surface area contributed by atoms with Gasteiger partial charge in [0, 0.05) is 80.7 Å². The van der Waals surface area contributed by atoms with Gasteiger partial charge in [-0.25, -0.2) is 45.5 Å². The van der Waals surface area contributed by atoms with Gasteiger partial charge in [-0.3, -0.25) is 48.3 Å². The number of benzene rings is 3. The van der Waals surface area contributed by atoms with Crippen molar-refractivity contribution in [1.82, 2.24) is 44.0 Å². The molecule has 9 heterocycles. The molecule has 28 nitrogen and oxygen atoms in total. The molecule has 3 fully saturated rings. The number of fused-ring (bicyclic) bond motifs is 3. The first-order valence-electron chi connectivity index (χ1n) is 34.0. The van der Waals surface area contributed by atoms with E-state index in [-0.39, 0.29) is 151 Å². The summed E-state index contributed by atoms with van der Waals surface area (Å²) in [6.07, 6.45) is 3.81. The smallest absolute Gasteiger partial charge is 1.00 e. The number of rotatable bonds is 9. The maximum Gasteiger partial charge on any atom is 2.00 e. The van der Waals surface area contributed by atoms with Gasteiger partial charge in [-0.1, -0.05) is 18.2 Å². The molecule has 3 unspecified atom stereocenters. The summed E-state index contributed by atoms with van der Waals surface area (Å²) < 4.78 is 105. The number of nitrogens with one attached hydrogen (secondary N) is 2. The molecule has 3 aromatic heterocycles. The molecule has 6 aliphatic rings. The molecule has 584 valence electrons. The van der Waals surface area contributed by atoms with Gasteiger partial charge >= 0.3 is 53.3 Å². The van der Waals surface area contributed by atoms with E-state index in [9.17, 15) is 74.9 Å². The first-order valence-corrected chi connectivity index (χ1v) is 34.0. The number of urea groups is 1. The van der Waals surface area contributed by atoms with Crippen molar-refractivity contribution in [3.05, 3.63) is 133 Å². The van der Waals surface area contributed by atoms with Crippen molar-refractivity contribution >= 4 is 99.5 Å². The van der Waals surface area contributed by atoms with E-state index in [1.165, 1.54) is 24.1 Å². The van der Waals surface area contributed by atoms with Crippen LogP contribution in [0.1, 0.15) is 126 Å². The maximum absolute atomic E-state index is 13.5. The van der Waals surface area contributed by atoms with Crippen molar-refractivity contribution in [3.8, 4) is 5.75 Å². The van der Waals surface area contributed by atoms with Crippen LogP contribution in [-0.4, -0.2) is 193 Å². The third-order valence-electron chi connectivity index (χ3n) is 18.4. The van der Waals surface area contributed by atoms with Crippen molar-refractivity contribution in [2.24, 2.45) is 17.8 Å². The number of aromatic nitrogens is 6. The number of ether oxygens (including phenoxy) is 4. The number of carbonyl (C=O) groups is 8. The summed E-state index contributed by atoms with van der Waals surface area (Å²) in [6, 6.07) is 9.77. The minimum absolute atomic E-state index is 0. The second kappa shape index (κ2) is 35.1. The van der Waals surface area contributed by atoms with Crippen LogP contribution < -0.4 is 47.1 Å². The molecule has 3 saturated heterocycles. The van der Waals surface area contributed by atoms with Gasteiger partial charge in [-0.05, 0) is 102 Å². The quantitative estimate of drug-likeness (QED) is 0.0275. The Morgan fingerprint density at radius 3 is 1.20 bits per heavy atom. The average Bonchev–Trinajstić information content (AvgIpc) is 1.62. The van der Waals surface area contributed by atoms with E-state index in [4.69, 9.17) is 18.9 Å². The van der Waals surface area contributed by atoms with E-state index in [0.717, 1.165) is 11.4 Å². The second-order valence-electron chi connectivity index (χ2n) is 29.7. The first kappa shape index (κ1) is 87.9. The summed E-state index contributed by atoms with van der Waals surface area (Å²) in [5, 5.41) is 38.2. The number of carbonyl (C=O) groups excluding carboxylic acids is 8. The Morgan fingerprint density at radius 1 is 0.509 bits per heavy atom. The minimum atomic E-state index is -1.61. The van der Waals surface area contributed by atoms with E-state index in [0.29, 0.717) is 92.7 Å². The fourth-order valence-electron chi connectivity index (χ4n) is 12.5. The number of halogens is 7. The van der Waals surface area contributed by atoms with Crippen LogP contribution in [0.5, 0.6) is 5.75 Å². The van der Waals surface area contributed by atoms with Crippen LogP contribution in [0.3, 0.4) is 0 Å². The summed E-state index contributed by atoms with van der Waals surface area (Å²) in [4.78, 5) is 108. The summed E-state index contributed by atoms with van der Waals surface area (Å²) >= 11 is 0. The van der Waals surface area contributed by atoms with Crippen LogP contribution >= 0.6 is 0 Å². The van der Waals surface area contributed by atoms with Crippen LogP contribution in [0.4, 0.5) is 74.0 Å². The number of anilines is 5. The number of esters is 1. The van der Waals surface area contributed by atoms with Gasteiger partial charge < -0.3 is 78.5 Å². The Balaban J connectivity index is 0.000000226. The fourth-order valence-corrected chi connectivity index (χ4v) is 12.5. The van der Waals surface area contributed by atoms with E-state index in [2.05, 4.69) is 25.9 Å². The molecule has 8 amide bonds. The van der Waals surface area contributed by atoms with Gasteiger partial charge in [-0.2, -0.15) is 15.3 Å². The van der Waals surface area contributed by atoms with Crippen molar-refractivity contribution in [2.75, 3.05) is 52.1 Å². The van der Waals surface area contributed by atoms with Crippen molar-refractivity contribution in [3.63, 3.8) is 0 Å². The van der Waals surface area contributed by atoms with Gasteiger partial charge in [0.05, 0.1) is 140 Å². The van der Waals surface area contributed by atoms with Gasteiger partial charge in [0.15, 0.2) is 34.9 Å². The van der Waals surface area contributed by atoms with Gasteiger partial charge in [0.1, 0.15) is 17.0 Å². The van der Waals surface area contributed by atoms with E-state index >= 15 is 0 Å². The van der Waals surface area contributed by atoms with Crippen LogP contribution in [0.25, 0.3) is 0 Å². The molecule has 36 heteroatoms. The van der Waals surface area contributed by atoms with Crippen molar-refractivity contribution in [1.29, 1.82) is 0 Å². The third-order valence-corrected chi connectivity index (χ3v) is 18.4. The van der Waals surface area contributed by atoms with Crippen LogP contribution in [0, 0.1) is 60.1 Å². The fraction of sp³-hybridized carbons (Fsp3) is 0.500. The topological polar surface area (TPSA) is 311 Å². The second-order valence-corrected chi connectivity index (χ2v) is 29.7. The zero-order chi connectivity index (χ0) is 77.3. The van der Waals surface area contributed by atoms with Crippen molar-refractivity contribution < 1.29 is 111 Å². The molecule has 108 heavy (non-hydrogen) atoms. The summed E-state index contributed by atoms with van der Waals surface area (Å²) in [7, 11) is 1.32. The first-order chi connectivity index (χ1) is 49.0. The molecule has 0 spiro atoms. The Kier molecular flexibility index (Phi) is 28.6. The SMILES string of the molecule is COC(=O)C1CC(=O)N(c2cnn3c2CN(C(=O)OC(C)(C)C)[C@@H](C)C3)C1.C[C@H]1Cn2ncc(N3CC(C(C)(C)O)CC3=O)c2CN1C(=O)Nc1cc(F)c(F)c(F)c1.C[C@H]1Cn2ncc(N3CC(C(C)(C)O)CC3=O)c2CN1C(=O)OC(C)(C)C.O=C(Nc1cc(F)c(F)c(F)c1)Oc1ccccc1.[Br-].[CH3-].[Mg+2]. The molecule has 6 atom stereocenters. The molecular formula is C72H91BrF6MgN14O14. The number of amides is 8. The molecule has 12 rings (SSSR count). The predicted octanol–water partition coefficient (Wildman–Crippen LogP) is 7.34. The summed E-state index contributed by atoms with van der Waals surface area (Å²) in [5.74, 6) is -10.1. The third kappa shape index (κ3) is 21.1. The number of aliphatic hydroxyl groups is 2. The molecule has 6 aromatic rings. The van der Waals surface area contributed by atoms with Gasteiger partial charge in [-0.15, -0.1) is 0 Å². The Morgan fingerprint density at radius 2 is 0.852 bits per heavy atom. The van der Waals surface area contributed by atoms with Crippen LogP contribution in [-0.2, 0) is 72.7 Å². The summed E-state index contributed by atoms with van der Waals surface area (Å²) in [5.41, 5.74) is 0.591. The van der Waals surface area contributed by atoms with E-state index < -0.39 is 87.4 Å². The Hall–Kier alpha value is -9.00. The number of methoxy groups -OCH3 is 1. The van der Waals surface area contributed by atoms with Crippen LogP contribution in [0.15, 0.2) is 73.2 Å². The average molecular weight is 1590 g/mol. The van der Waals surface area contributed by atoms with E-state index in [1.54, 1.807) is 105 Å².